The summed E-state index contributed by atoms with van der Waals surface area (Å²) in [4.78, 5) is 26.7. The predicted octanol–water partition coefficient (Wildman–Crippen LogP) is 1.87. The van der Waals surface area contributed by atoms with E-state index in [9.17, 15) is 14.7 Å². The summed E-state index contributed by atoms with van der Waals surface area (Å²) in [6.07, 6.45) is -0.285. The Bertz CT molecular complexity index is 536. The third kappa shape index (κ3) is 3.45. The average Bonchev–Trinajstić information content (AvgIpc) is 2.47. The van der Waals surface area contributed by atoms with Crippen molar-refractivity contribution in [2.75, 3.05) is 37.7 Å². The Labute approximate surface area is 123 Å². The van der Waals surface area contributed by atoms with Crippen LogP contribution in [0.15, 0.2) is 18.2 Å². The first-order valence-corrected chi connectivity index (χ1v) is 7.03. The van der Waals surface area contributed by atoms with Gasteiger partial charge in [0, 0.05) is 37.9 Å². The summed E-state index contributed by atoms with van der Waals surface area (Å²) >= 11 is 0. The standard InChI is InChI=1S/C15H20N2O4/c1-3-21-15(20)17-8-6-16(7-9-17)12-4-5-13(11(2)18)14(19)10-12/h4-5,10,19H,3,6-9H2,1-2H3. The minimum Gasteiger partial charge on any atom is -0.507 e. The van der Waals surface area contributed by atoms with Gasteiger partial charge in [0.2, 0.25) is 0 Å². The van der Waals surface area contributed by atoms with Crippen LogP contribution in [0.3, 0.4) is 0 Å². The summed E-state index contributed by atoms with van der Waals surface area (Å²) in [7, 11) is 0. The zero-order valence-electron chi connectivity index (χ0n) is 12.3. The van der Waals surface area contributed by atoms with Crippen LogP contribution < -0.4 is 4.90 Å². The highest BCUT2D eigenvalue weighted by Crippen LogP contribution is 2.26. The number of piperazine rings is 1. The van der Waals surface area contributed by atoms with Gasteiger partial charge in [-0.1, -0.05) is 0 Å². The minimum atomic E-state index is -0.285. The van der Waals surface area contributed by atoms with Crippen LogP contribution in [0, 0.1) is 0 Å². The lowest BCUT2D eigenvalue weighted by Gasteiger charge is -2.35. The van der Waals surface area contributed by atoms with Crippen LogP contribution in [0.25, 0.3) is 0 Å². The maximum absolute atomic E-state index is 11.6. The van der Waals surface area contributed by atoms with E-state index in [0.29, 0.717) is 38.3 Å². The van der Waals surface area contributed by atoms with Gasteiger partial charge in [0.25, 0.3) is 0 Å². The van der Waals surface area contributed by atoms with Gasteiger partial charge < -0.3 is 19.6 Å². The van der Waals surface area contributed by atoms with E-state index in [1.807, 2.05) is 6.07 Å². The van der Waals surface area contributed by atoms with Gasteiger partial charge in [-0.15, -0.1) is 0 Å². The quantitative estimate of drug-likeness (QED) is 0.861. The van der Waals surface area contributed by atoms with Crippen molar-refractivity contribution in [2.45, 2.75) is 13.8 Å². The van der Waals surface area contributed by atoms with E-state index < -0.39 is 0 Å². The number of carbonyl (C=O) groups excluding carboxylic acids is 2. The monoisotopic (exact) mass is 292 g/mol. The molecule has 1 N–H and O–H groups in total. The van der Waals surface area contributed by atoms with Crippen molar-refractivity contribution < 1.29 is 19.4 Å². The second-order valence-corrected chi connectivity index (χ2v) is 4.93. The molecule has 0 atom stereocenters. The van der Waals surface area contributed by atoms with Crippen LogP contribution >= 0.6 is 0 Å². The Morgan fingerprint density at radius 3 is 2.43 bits per heavy atom. The summed E-state index contributed by atoms with van der Waals surface area (Å²) in [5.41, 5.74) is 1.17. The van der Waals surface area contributed by atoms with E-state index in [-0.39, 0.29) is 17.6 Å². The van der Waals surface area contributed by atoms with Gasteiger partial charge in [-0.2, -0.15) is 0 Å². The summed E-state index contributed by atoms with van der Waals surface area (Å²) in [6.45, 7) is 6.07. The van der Waals surface area contributed by atoms with Gasteiger partial charge in [-0.05, 0) is 26.0 Å². The SMILES string of the molecule is CCOC(=O)N1CCN(c2ccc(C(C)=O)c(O)c2)CC1. The molecule has 6 nitrogen and oxygen atoms in total. The molecule has 0 spiro atoms. The molecule has 0 unspecified atom stereocenters. The maximum atomic E-state index is 11.6. The highest BCUT2D eigenvalue weighted by molar-refractivity contribution is 5.97. The molecule has 1 saturated heterocycles. The normalized spacial score (nSPS) is 15.0. The molecular weight excluding hydrogens is 272 g/mol. The van der Waals surface area contributed by atoms with Crippen LogP contribution in [0.5, 0.6) is 5.75 Å². The number of aromatic hydroxyl groups is 1. The number of rotatable bonds is 3. The highest BCUT2D eigenvalue weighted by atomic mass is 16.6. The molecule has 0 saturated carbocycles. The fraction of sp³-hybridized carbons (Fsp3) is 0.467. The molecule has 1 aliphatic rings. The lowest BCUT2D eigenvalue weighted by Crippen LogP contribution is -2.49. The van der Waals surface area contributed by atoms with Gasteiger partial charge in [0.1, 0.15) is 5.75 Å². The van der Waals surface area contributed by atoms with Crippen molar-refractivity contribution in [3.63, 3.8) is 0 Å². The number of ether oxygens (including phenoxy) is 1. The molecule has 114 valence electrons. The third-order valence-electron chi connectivity index (χ3n) is 3.53. The number of hydrogen-bond donors (Lipinski definition) is 1. The van der Waals surface area contributed by atoms with E-state index in [2.05, 4.69) is 4.90 Å². The number of ketones is 1. The first-order valence-electron chi connectivity index (χ1n) is 7.03. The number of phenols is 1. The van der Waals surface area contributed by atoms with Crippen molar-refractivity contribution in [2.24, 2.45) is 0 Å². The van der Waals surface area contributed by atoms with Crippen molar-refractivity contribution in [3.8, 4) is 5.75 Å². The van der Waals surface area contributed by atoms with Crippen LogP contribution in [-0.4, -0.2) is 54.7 Å². The number of anilines is 1. The summed E-state index contributed by atoms with van der Waals surface area (Å²) in [5, 5.41) is 9.87. The Balaban J connectivity index is 2.01. The lowest BCUT2D eigenvalue weighted by molar-refractivity contribution is 0.101. The topological polar surface area (TPSA) is 70.1 Å². The molecule has 21 heavy (non-hydrogen) atoms. The van der Waals surface area contributed by atoms with E-state index >= 15 is 0 Å². The molecular formula is C15H20N2O4. The molecule has 0 bridgehead atoms. The number of amides is 1. The van der Waals surface area contributed by atoms with Gasteiger partial charge in [-0.3, -0.25) is 4.79 Å². The van der Waals surface area contributed by atoms with Gasteiger partial charge in [-0.25, -0.2) is 4.79 Å². The number of carbonyl (C=O) groups is 2. The number of nitrogens with zero attached hydrogens (tertiary/aromatic N) is 2. The van der Waals surface area contributed by atoms with Crippen molar-refractivity contribution >= 4 is 17.6 Å². The second kappa shape index (κ2) is 6.47. The van der Waals surface area contributed by atoms with Crippen molar-refractivity contribution in [1.29, 1.82) is 0 Å². The van der Waals surface area contributed by atoms with Crippen LogP contribution in [-0.2, 0) is 4.74 Å². The summed E-state index contributed by atoms with van der Waals surface area (Å²) in [6, 6.07) is 5.04. The zero-order chi connectivity index (χ0) is 15.4. The first-order chi connectivity index (χ1) is 10.0. The van der Waals surface area contributed by atoms with Gasteiger partial charge in [0.15, 0.2) is 5.78 Å². The van der Waals surface area contributed by atoms with Crippen molar-refractivity contribution in [3.05, 3.63) is 23.8 Å². The average molecular weight is 292 g/mol. The van der Waals surface area contributed by atoms with Gasteiger partial charge in [0.05, 0.1) is 12.2 Å². The van der Waals surface area contributed by atoms with Crippen LogP contribution in [0.1, 0.15) is 24.2 Å². The molecule has 1 fully saturated rings. The molecule has 2 rings (SSSR count). The molecule has 1 heterocycles. The fourth-order valence-corrected chi connectivity index (χ4v) is 2.38. The van der Waals surface area contributed by atoms with E-state index in [0.717, 1.165) is 5.69 Å². The number of benzene rings is 1. The Morgan fingerprint density at radius 2 is 1.90 bits per heavy atom. The number of Topliss-reactive ketones (excluding diaryl/α,β-unsaturated/α-hetero) is 1. The van der Waals surface area contributed by atoms with Gasteiger partial charge >= 0.3 is 6.09 Å². The minimum absolute atomic E-state index is 0.00665. The highest BCUT2D eigenvalue weighted by Gasteiger charge is 2.22. The largest absolute Gasteiger partial charge is 0.507 e. The fourth-order valence-electron chi connectivity index (χ4n) is 2.38. The predicted molar refractivity (Wildman–Crippen MR) is 78.9 cm³/mol. The molecule has 0 aromatic heterocycles. The molecule has 0 aliphatic carbocycles. The van der Waals surface area contributed by atoms with E-state index in [1.54, 1.807) is 24.0 Å². The number of hydrogen-bond acceptors (Lipinski definition) is 5. The maximum Gasteiger partial charge on any atom is 0.409 e. The third-order valence-corrected chi connectivity index (χ3v) is 3.53. The number of phenolic OH excluding ortho intramolecular Hbond substituents is 1. The summed E-state index contributed by atoms with van der Waals surface area (Å²) < 4.78 is 4.97. The van der Waals surface area contributed by atoms with Crippen LogP contribution in [0.2, 0.25) is 0 Å². The zero-order valence-corrected chi connectivity index (χ0v) is 12.3. The van der Waals surface area contributed by atoms with Crippen molar-refractivity contribution in [1.82, 2.24) is 4.90 Å². The Morgan fingerprint density at radius 1 is 1.24 bits per heavy atom. The molecule has 6 heteroatoms. The molecule has 0 radical (unpaired) electrons. The van der Waals surface area contributed by atoms with E-state index in [4.69, 9.17) is 4.74 Å². The lowest BCUT2D eigenvalue weighted by atomic mass is 10.1. The molecule has 1 aromatic carbocycles. The molecule has 1 amide bonds. The summed E-state index contributed by atoms with van der Waals surface area (Å²) in [5.74, 6) is -0.168. The Kier molecular flexibility index (Phi) is 4.67. The smallest absolute Gasteiger partial charge is 0.409 e. The Hall–Kier alpha value is -2.24. The van der Waals surface area contributed by atoms with Crippen LogP contribution in [0.4, 0.5) is 10.5 Å². The first kappa shape index (κ1) is 15.2. The molecule has 1 aliphatic heterocycles. The van der Waals surface area contributed by atoms with E-state index in [1.165, 1.54) is 6.92 Å². The molecule has 1 aromatic rings. The second-order valence-electron chi connectivity index (χ2n) is 4.93.